The molecule has 176 valence electrons. The van der Waals surface area contributed by atoms with E-state index in [2.05, 4.69) is 0 Å². The topological polar surface area (TPSA) is 140 Å². The van der Waals surface area contributed by atoms with E-state index in [1.807, 2.05) is 0 Å². The van der Waals surface area contributed by atoms with Gasteiger partial charge < -0.3 is 29.5 Å². The minimum atomic E-state index is -0.790. The monoisotopic (exact) mass is 434 g/mol. The van der Waals surface area contributed by atoms with E-state index in [4.69, 9.17) is 29.5 Å². The molecule has 0 aliphatic heterocycles. The number of aliphatic carboxylic acids is 3. The molecule has 0 aliphatic rings. The first-order valence-electron chi connectivity index (χ1n) is 10.8. The van der Waals surface area contributed by atoms with Crippen molar-refractivity contribution in [3.8, 4) is 0 Å². The van der Waals surface area contributed by atoms with Gasteiger partial charge in [-0.05, 0) is 38.5 Å². The highest BCUT2D eigenvalue weighted by molar-refractivity contribution is 5.67. The maximum Gasteiger partial charge on any atom is 0.303 e. The molecule has 0 rings (SSSR count). The third-order valence-electron chi connectivity index (χ3n) is 4.35. The molecule has 0 saturated carbocycles. The van der Waals surface area contributed by atoms with Gasteiger partial charge in [0.1, 0.15) is 6.10 Å². The molecule has 0 fully saturated rings. The number of hydrogen-bond donors (Lipinski definition) is 3. The van der Waals surface area contributed by atoms with Crippen LogP contribution >= 0.6 is 0 Å². The van der Waals surface area contributed by atoms with Gasteiger partial charge >= 0.3 is 17.9 Å². The third kappa shape index (κ3) is 22.6. The number of unbranched alkanes of at least 4 members (excludes halogenated alkanes) is 6. The van der Waals surface area contributed by atoms with E-state index in [1.54, 1.807) is 0 Å². The molecular weight excluding hydrogens is 396 g/mol. The normalized spacial score (nSPS) is 11.1. The highest BCUT2D eigenvalue weighted by atomic mass is 16.6. The molecule has 0 bridgehead atoms. The van der Waals surface area contributed by atoms with Crippen LogP contribution in [0.4, 0.5) is 0 Å². The van der Waals surface area contributed by atoms with Crippen molar-refractivity contribution >= 4 is 17.9 Å². The van der Waals surface area contributed by atoms with Gasteiger partial charge in [0.25, 0.3) is 0 Å². The second-order valence-corrected chi connectivity index (χ2v) is 7.26. The highest BCUT2D eigenvalue weighted by Crippen LogP contribution is 2.06. The molecule has 9 heteroatoms. The summed E-state index contributed by atoms with van der Waals surface area (Å²) in [6.45, 7) is 2.34. The smallest absolute Gasteiger partial charge is 0.303 e. The lowest BCUT2D eigenvalue weighted by atomic mass is 10.2. The van der Waals surface area contributed by atoms with Crippen LogP contribution in [0.15, 0.2) is 0 Å². The molecule has 3 N–H and O–H groups in total. The molecule has 0 saturated heterocycles. The SMILES string of the molecule is O=C(O)CCCCCOCC(COCCCCCC(=O)O)OCCCCCC(=O)O. The van der Waals surface area contributed by atoms with Crippen molar-refractivity contribution in [3.05, 3.63) is 0 Å². The summed E-state index contributed by atoms with van der Waals surface area (Å²) in [5, 5.41) is 25.9. The van der Waals surface area contributed by atoms with E-state index in [0.717, 1.165) is 38.5 Å². The number of carboxylic acids is 3. The van der Waals surface area contributed by atoms with Gasteiger partial charge in [0.05, 0.1) is 13.2 Å². The summed E-state index contributed by atoms with van der Waals surface area (Å²) in [5.74, 6) is -2.36. The fraction of sp³-hybridized carbons (Fsp3) is 0.857. The maximum absolute atomic E-state index is 10.5. The van der Waals surface area contributed by atoms with Crippen molar-refractivity contribution in [1.29, 1.82) is 0 Å². The van der Waals surface area contributed by atoms with E-state index in [0.29, 0.717) is 52.3 Å². The number of rotatable bonds is 23. The van der Waals surface area contributed by atoms with Gasteiger partial charge in [-0.3, -0.25) is 14.4 Å². The van der Waals surface area contributed by atoms with Crippen molar-refractivity contribution in [2.24, 2.45) is 0 Å². The summed E-state index contributed by atoms with van der Waals surface area (Å²) in [7, 11) is 0. The van der Waals surface area contributed by atoms with Crippen LogP contribution in [0.5, 0.6) is 0 Å². The van der Waals surface area contributed by atoms with Gasteiger partial charge in [0.15, 0.2) is 0 Å². The molecule has 0 aromatic heterocycles. The van der Waals surface area contributed by atoms with Crippen LogP contribution in [0.1, 0.15) is 77.0 Å². The van der Waals surface area contributed by atoms with Crippen LogP contribution in [-0.2, 0) is 28.6 Å². The second kappa shape index (κ2) is 20.6. The summed E-state index contributed by atoms with van der Waals surface area (Å²) in [5.41, 5.74) is 0. The summed E-state index contributed by atoms with van der Waals surface area (Å²) >= 11 is 0. The Morgan fingerprint density at radius 3 is 1.27 bits per heavy atom. The molecule has 0 atom stereocenters. The first-order valence-corrected chi connectivity index (χ1v) is 10.8. The van der Waals surface area contributed by atoms with Crippen molar-refractivity contribution < 1.29 is 43.9 Å². The second-order valence-electron chi connectivity index (χ2n) is 7.26. The fourth-order valence-electron chi connectivity index (χ4n) is 2.69. The standard InChI is InChI=1S/C21H38O9/c22-19(23)10-4-1-7-13-28-16-18(30-15-9-3-6-12-21(26)27)17-29-14-8-2-5-11-20(24)25/h18H,1-17H2,(H,22,23)(H,24,25)(H,26,27). The Balaban J connectivity index is 3.93. The molecule has 0 heterocycles. The lowest BCUT2D eigenvalue weighted by Gasteiger charge is -2.18. The van der Waals surface area contributed by atoms with E-state index < -0.39 is 17.9 Å². The van der Waals surface area contributed by atoms with Crippen LogP contribution in [-0.4, -0.2) is 72.4 Å². The Kier molecular flexibility index (Phi) is 19.4. The Bertz CT molecular complexity index is 426. The first kappa shape index (κ1) is 28.3. The van der Waals surface area contributed by atoms with Crippen LogP contribution in [0, 0.1) is 0 Å². The largest absolute Gasteiger partial charge is 0.481 e. The predicted molar refractivity (Wildman–Crippen MR) is 110 cm³/mol. The van der Waals surface area contributed by atoms with Gasteiger partial charge in [-0.15, -0.1) is 0 Å². The summed E-state index contributed by atoms with van der Waals surface area (Å²) in [6, 6.07) is 0. The number of carbonyl (C=O) groups is 3. The van der Waals surface area contributed by atoms with Gasteiger partial charge in [-0.1, -0.05) is 19.3 Å². The average Bonchev–Trinajstić information content (AvgIpc) is 2.67. The minimum absolute atomic E-state index is 0.166. The van der Waals surface area contributed by atoms with Crippen LogP contribution in [0.25, 0.3) is 0 Å². The molecule has 30 heavy (non-hydrogen) atoms. The van der Waals surface area contributed by atoms with Gasteiger partial charge in [-0.2, -0.15) is 0 Å². The highest BCUT2D eigenvalue weighted by Gasteiger charge is 2.10. The zero-order valence-electron chi connectivity index (χ0n) is 17.9. The summed E-state index contributed by atoms with van der Waals surface area (Å²) < 4.78 is 17.1. The molecule has 0 aliphatic carbocycles. The maximum atomic E-state index is 10.5. The lowest BCUT2D eigenvalue weighted by molar-refractivity contribution is -0.138. The summed E-state index contributed by atoms with van der Waals surface area (Å²) in [4.78, 5) is 31.5. The van der Waals surface area contributed by atoms with Crippen molar-refractivity contribution in [1.82, 2.24) is 0 Å². The first-order chi connectivity index (χ1) is 14.4. The quantitative estimate of drug-likeness (QED) is 0.207. The van der Waals surface area contributed by atoms with Gasteiger partial charge in [0.2, 0.25) is 0 Å². The Morgan fingerprint density at radius 2 is 0.900 bits per heavy atom. The average molecular weight is 435 g/mol. The molecular formula is C21H38O9. The van der Waals surface area contributed by atoms with E-state index in [1.165, 1.54) is 0 Å². The molecule has 0 radical (unpaired) electrons. The summed E-state index contributed by atoms with van der Waals surface area (Å²) in [6.07, 6.45) is 6.94. The van der Waals surface area contributed by atoms with Crippen molar-refractivity contribution in [2.45, 2.75) is 83.2 Å². The zero-order chi connectivity index (χ0) is 22.5. The van der Waals surface area contributed by atoms with E-state index >= 15 is 0 Å². The van der Waals surface area contributed by atoms with Crippen molar-refractivity contribution in [2.75, 3.05) is 33.0 Å². The Labute approximate surface area is 178 Å². The number of ether oxygens (including phenoxy) is 3. The Hall–Kier alpha value is -1.71. The molecule has 0 spiro atoms. The third-order valence-corrected chi connectivity index (χ3v) is 4.35. The fourth-order valence-corrected chi connectivity index (χ4v) is 2.69. The number of carboxylic acid groups (broad SMARTS) is 3. The molecule has 0 aromatic carbocycles. The lowest BCUT2D eigenvalue weighted by Crippen LogP contribution is -2.27. The van der Waals surface area contributed by atoms with Gasteiger partial charge in [-0.25, -0.2) is 0 Å². The van der Waals surface area contributed by atoms with Crippen LogP contribution < -0.4 is 0 Å². The molecule has 0 unspecified atom stereocenters. The van der Waals surface area contributed by atoms with Crippen LogP contribution in [0.3, 0.4) is 0 Å². The Morgan fingerprint density at radius 1 is 0.533 bits per heavy atom. The zero-order valence-corrected chi connectivity index (χ0v) is 17.9. The van der Waals surface area contributed by atoms with E-state index in [9.17, 15) is 14.4 Å². The van der Waals surface area contributed by atoms with Crippen LogP contribution in [0.2, 0.25) is 0 Å². The predicted octanol–water partition coefficient (Wildman–Crippen LogP) is 3.34. The molecule has 0 aromatic rings. The van der Waals surface area contributed by atoms with E-state index in [-0.39, 0.29) is 25.4 Å². The minimum Gasteiger partial charge on any atom is -0.481 e. The number of hydrogen-bond acceptors (Lipinski definition) is 6. The van der Waals surface area contributed by atoms with Gasteiger partial charge in [0, 0.05) is 39.1 Å². The molecule has 0 amide bonds. The molecule has 9 nitrogen and oxygen atoms in total. The van der Waals surface area contributed by atoms with Crippen molar-refractivity contribution in [3.63, 3.8) is 0 Å².